The highest BCUT2D eigenvalue weighted by Gasteiger charge is 2.10. The van der Waals surface area contributed by atoms with E-state index in [1.165, 1.54) is 0 Å². The highest BCUT2D eigenvalue weighted by Crippen LogP contribution is 2.02. The number of nitrogens with zero attached hydrogens (tertiary/aromatic N) is 1. The van der Waals surface area contributed by atoms with E-state index in [1.54, 1.807) is 24.5 Å². The van der Waals surface area contributed by atoms with Crippen LogP contribution >= 0.6 is 0 Å². The largest absolute Gasteiger partial charge is 0.384 e. The molecule has 0 saturated heterocycles. The molecule has 0 fully saturated rings. The molecular formula is C12H20N4O2S. The third kappa shape index (κ3) is 6.88. The molecule has 0 atom stereocenters. The van der Waals surface area contributed by atoms with E-state index in [-0.39, 0.29) is 12.3 Å². The van der Waals surface area contributed by atoms with E-state index in [1.807, 2.05) is 6.92 Å². The molecule has 0 saturated carbocycles. The monoisotopic (exact) mass is 284 g/mol. The summed E-state index contributed by atoms with van der Waals surface area (Å²) in [6, 6.07) is 3.55. The summed E-state index contributed by atoms with van der Waals surface area (Å²) in [6.07, 6.45) is 4.75. The van der Waals surface area contributed by atoms with Gasteiger partial charge in [-0.2, -0.15) is 0 Å². The summed E-state index contributed by atoms with van der Waals surface area (Å²) in [5.41, 5.74) is 1.25. The van der Waals surface area contributed by atoms with Crippen LogP contribution in [-0.4, -0.2) is 38.0 Å². The zero-order chi connectivity index (χ0) is 14.1. The number of sulfonamides is 1. The second-order valence-corrected chi connectivity index (χ2v) is 6.08. The van der Waals surface area contributed by atoms with Gasteiger partial charge in [-0.25, -0.2) is 13.1 Å². The average molecular weight is 284 g/mol. The van der Waals surface area contributed by atoms with E-state index in [2.05, 4.69) is 15.0 Å². The number of pyridine rings is 1. The van der Waals surface area contributed by atoms with Crippen LogP contribution in [0.5, 0.6) is 0 Å². The summed E-state index contributed by atoms with van der Waals surface area (Å²) in [7, 11) is -3.33. The SMILES string of the molecule is CCCC(=N)CNS(=O)(=O)CCNc1ccncc1. The summed E-state index contributed by atoms with van der Waals surface area (Å²) < 4.78 is 25.8. The fourth-order valence-electron chi connectivity index (χ4n) is 1.46. The third-order valence-corrected chi connectivity index (χ3v) is 3.76. The normalized spacial score (nSPS) is 11.2. The van der Waals surface area contributed by atoms with Crippen LogP contribution in [0.15, 0.2) is 24.5 Å². The average Bonchev–Trinajstić information content (AvgIpc) is 2.38. The Morgan fingerprint density at radius 1 is 1.37 bits per heavy atom. The van der Waals surface area contributed by atoms with Gasteiger partial charge in [0.1, 0.15) is 0 Å². The lowest BCUT2D eigenvalue weighted by Crippen LogP contribution is -2.33. The molecule has 1 heterocycles. The van der Waals surface area contributed by atoms with Crippen LogP contribution in [0.25, 0.3) is 0 Å². The lowest BCUT2D eigenvalue weighted by Gasteiger charge is -2.08. The summed E-state index contributed by atoms with van der Waals surface area (Å²) in [4.78, 5) is 3.87. The molecule has 6 nitrogen and oxygen atoms in total. The Kier molecular flexibility index (Phi) is 6.44. The minimum atomic E-state index is -3.33. The molecule has 19 heavy (non-hydrogen) atoms. The van der Waals surface area contributed by atoms with Gasteiger partial charge in [-0.05, 0) is 18.6 Å². The molecular weight excluding hydrogens is 264 g/mol. The van der Waals surface area contributed by atoms with E-state index < -0.39 is 10.0 Å². The van der Waals surface area contributed by atoms with Crippen molar-refractivity contribution >= 4 is 21.4 Å². The molecule has 0 unspecified atom stereocenters. The summed E-state index contributed by atoms with van der Waals surface area (Å²) in [5.74, 6) is -0.0191. The first-order valence-corrected chi connectivity index (χ1v) is 7.86. The Bertz CT molecular complexity index is 488. The van der Waals surface area contributed by atoms with Crippen LogP contribution in [0.1, 0.15) is 19.8 Å². The van der Waals surface area contributed by atoms with Gasteiger partial charge < -0.3 is 10.7 Å². The van der Waals surface area contributed by atoms with Crippen LogP contribution in [0.4, 0.5) is 5.69 Å². The zero-order valence-corrected chi connectivity index (χ0v) is 11.8. The maximum absolute atomic E-state index is 11.7. The van der Waals surface area contributed by atoms with Crippen LogP contribution in [0.3, 0.4) is 0 Å². The molecule has 1 aromatic rings. The van der Waals surface area contributed by atoms with Gasteiger partial charge in [-0.15, -0.1) is 0 Å². The van der Waals surface area contributed by atoms with E-state index in [0.717, 1.165) is 12.1 Å². The number of aromatic nitrogens is 1. The van der Waals surface area contributed by atoms with Gasteiger partial charge >= 0.3 is 0 Å². The van der Waals surface area contributed by atoms with Crippen molar-refractivity contribution in [2.45, 2.75) is 19.8 Å². The zero-order valence-electron chi connectivity index (χ0n) is 11.0. The lowest BCUT2D eigenvalue weighted by atomic mass is 10.2. The van der Waals surface area contributed by atoms with Crippen molar-refractivity contribution in [3.05, 3.63) is 24.5 Å². The maximum Gasteiger partial charge on any atom is 0.213 e. The molecule has 106 valence electrons. The van der Waals surface area contributed by atoms with Gasteiger partial charge in [-0.1, -0.05) is 13.3 Å². The molecule has 0 radical (unpaired) electrons. The van der Waals surface area contributed by atoms with Crippen LogP contribution < -0.4 is 10.0 Å². The Balaban J connectivity index is 2.29. The summed E-state index contributed by atoms with van der Waals surface area (Å²) in [5, 5.41) is 10.5. The smallest absolute Gasteiger partial charge is 0.213 e. The first kappa shape index (κ1) is 15.6. The minimum absolute atomic E-state index is 0.0191. The van der Waals surface area contributed by atoms with Crippen LogP contribution in [-0.2, 0) is 10.0 Å². The number of hydrogen-bond donors (Lipinski definition) is 3. The molecule has 0 bridgehead atoms. The second kappa shape index (κ2) is 7.85. The van der Waals surface area contributed by atoms with Gasteiger partial charge in [0.15, 0.2) is 0 Å². The molecule has 1 aromatic heterocycles. The van der Waals surface area contributed by atoms with Gasteiger partial charge in [0.05, 0.1) is 5.75 Å². The predicted octanol–water partition coefficient (Wildman–Crippen LogP) is 1.23. The van der Waals surface area contributed by atoms with Crippen LogP contribution in [0, 0.1) is 5.41 Å². The van der Waals surface area contributed by atoms with Crippen molar-refractivity contribution in [3.8, 4) is 0 Å². The van der Waals surface area contributed by atoms with Gasteiger partial charge in [-0.3, -0.25) is 4.98 Å². The topological polar surface area (TPSA) is 94.9 Å². The first-order valence-electron chi connectivity index (χ1n) is 6.21. The van der Waals surface area contributed by atoms with E-state index in [9.17, 15) is 8.42 Å². The molecule has 7 heteroatoms. The highest BCUT2D eigenvalue weighted by atomic mass is 32.2. The first-order chi connectivity index (χ1) is 9.03. The fraction of sp³-hybridized carbons (Fsp3) is 0.500. The fourth-order valence-corrected chi connectivity index (χ4v) is 2.37. The summed E-state index contributed by atoms with van der Waals surface area (Å²) in [6.45, 7) is 2.38. The van der Waals surface area contributed by atoms with E-state index >= 15 is 0 Å². The van der Waals surface area contributed by atoms with Gasteiger partial charge in [0.25, 0.3) is 0 Å². The van der Waals surface area contributed by atoms with Crippen LogP contribution in [0.2, 0.25) is 0 Å². The van der Waals surface area contributed by atoms with Crippen molar-refractivity contribution < 1.29 is 8.42 Å². The molecule has 0 aliphatic heterocycles. The lowest BCUT2D eigenvalue weighted by molar-refractivity contribution is 0.586. The number of anilines is 1. The molecule has 0 amide bonds. The molecule has 0 aromatic carbocycles. The molecule has 3 N–H and O–H groups in total. The van der Waals surface area contributed by atoms with Crippen molar-refractivity contribution in [1.29, 1.82) is 5.41 Å². The Labute approximate surface area is 114 Å². The number of rotatable bonds is 9. The van der Waals surface area contributed by atoms with Crippen molar-refractivity contribution in [3.63, 3.8) is 0 Å². The summed E-state index contributed by atoms with van der Waals surface area (Å²) >= 11 is 0. The molecule has 0 spiro atoms. The highest BCUT2D eigenvalue weighted by molar-refractivity contribution is 7.89. The Morgan fingerprint density at radius 2 is 2.05 bits per heavy atom. The van der Waals surface area contributed by atoms with Crippen molar-refractivity contribution in [2.24, 2.45) is 0 Å². The number of nitrogens with one attached hydrogen (secondary N) is 3. The molecule has 1 rings (SSSR count). The second-order valence-electron chi connectivity index (χ2n) is 4.16. The molecule has 0 aliphatic rings. The maximum atomic E-state index is 11.7. The number of hydrogen-bond acceptors (Lipinski definition) is 5. The molecule has 0 aliphatic carbocycles. The van der Waals surface area contributed by atoms with Crippen molar-refractivity contribution in [2.75, 3.05) is 24.2 Å². The Morgan fingerprint density at radius 3 is 2.68 bits per heavy atom. The third-order valence-electron chi connectivity index (χ3n) is 2.44. The quantitative estimate of drug-likeness (QED) is 0.594. The standard InChI is InChI=1S/C12H20N4O2S/c1-2-3-11(13)10-16-19(17,18)9-8-15-12-4-6-14-7-5-12/h4-7,13,16H,2-3,8-10H2,1H3,(H,14,15). The Hall–Kier alpha value is -1.47. The minimum Gasteiger partial charge on any atom is -0.384 e. The predicted molar refractivity (Wildman–Crippen MR) is 77.2 cm³/mol. The van der Waals surface area contributed by atoms with E-state index in [4.69, 9.17) is 5.41 Å². The van der Waals surface area contributed by atoms with E-state index in [0.29, 0.717) is 18.7 Å². The van der Waals surface area contributed by atoms with Gasteiger partial charge in [0.2, 0.25) is 10.0 Å². The van der Waals surface area contributed by atoms with Gasteiger partial charge in [0, 0.05) is 36.9 Å². The van der Waals surface area contributed by atoms with Crippen molar-refractivity contribution in [1.82, 2.24) is 9.71 Å².